The Hall–Kier alpha value is -4.31. The van der Waals surface area contributed by atoms with Crippen molar-refractivity contribution in [3.8, 4) is 17.6 Å². The summed E-state index contributed by atoms with van der Waals surface area (Å²) in [5.74, 6) is -0.706. The molecule has 1 aromatic carbocycles. The number of aromatic hydroxyl groups is 1. The molecule has 12 heteroatoms. The van der Waals surface area contributed by atoms with Gasteiger partial charge in [-0.25, -0.2) is 4.79 Å². The molecule has 3 heterocycles. The quantitative estimate of drug-likeness (QED) is 0.110. The Labute approximate surface area is 237 Å². The van der Waals surface area contributed by atoms with E-state index in [4.69, 9.17) is 4.55 Å². The summed E-state index contributed by atoms with van der Waals surface area (Å²) < 4.78 is 34.7. The second-order valence-electron chi connectivity index (χ2n) is 10.6. The molecule has 1 aliphatic rings. The van der Waals surface area contributed by atoms with Gasteiger partial charge in [-0.3, -0.25) is 18.5 Å². The number of quaternary nitrogens is 1. The molecule has 4 N–H and O–H groups in total. The summed E-state index contributed by atoms with van der Waals surface area (Å²) in [6.45, 7) is 5.47. The van der Waals surface area contributed by atoms with Crippen LogP contribution in [0.1, 0.15) is 48.2 Å². The van der Waals surface area contributed by atoms with Gasteiger partial charge in [0.15, 0.2) is 11.9 Å². The minimum Gasteiger partial charge on any atom is -0.494 e. The van der Waals surface area contributed by atoms with Gasteiger partial charge >= 0.3 is 5.69 Å². The second kappa shape index (κ2) is 11.3. The van der Waals surface area contributed by atoms with Crippen molar-refractivity contribution < 1.29 is 28.0 Å². The van der Waals surface area contributed by atoms with Crippen molar-refractivity contribution in [2.75, 3.05) is 12.3 Å². The van der Waals surface area contributed by atoms with Crippen molar-refractivity contribution >= 4 is 21.8 Å². The van der Waals surface area contributed by atoms with Crippen LogP contribution in [0.25, 0.3) is 17.3 Å². The number of nitriles is 1. The van der Waals surface area contributed by atoms with E-state index < -0.39 is 27.2 Å². The predicted molar refractivity (Wildman–Crippen MR) is 153 cm³/mol. The molecule has 11 nitrogen and oxygen atoms in total. The molecule has 0 saturated heterocycles. The average Bonchev–Trinajstić information content (AvgIpc) is 3.15. The zero-order chi connectivity index (χ0) is 30.1. The highest BCUT2D eigenvalue weighted by molar-refractivity contribution is 7.85. The van der Waals surface area contributed by atoms with Crippen LogP contribution in [0.4, 0.5) is 0 Å². The number of hydrogen-bond acceptors (Lipinski definition) is 6. The normalized spacial score (nSPS) is 14.2. The monoisotopic (exact) mass is 579 g/mol. The van der Waals surface area contributed by atoms with Gasteiger partial charge in [0.1, 0.15) is 12.1 Å². The van der Waals surface area contributed by atoms with Crippen LogP contribution in [0.5, 0.6) is 5.88 Å². The van der Waals surface area contributed by atoms with Crippen molar-refractivity contribution in [2.45, 2.75) is 32.2 Å². The van der Waals surface area contributed by atoms with Crippen LogP contribution in [-0.2, 0) is 36.2 Å². The predicted octanol–water partition coefficient (Wildman–Crippen LogP) is 0.667. The van der Waals surface area contributed by atoms with Crippen molar-refractivity contribution in [2.24, 2.45) is 14.1 Å². The van der Waals surface area contributed by atoms with E-state index in [9.17, 15) is 28.4 Å². The fraction of sp³-hybridized carbons (Fsp3) is 0.310. The zero-order valence-corrected chi connectivity index (χ0v) is 24.1. The van der Waals surface area contributed by atoms with E-state index in [0.29, 0.717) is 30.6 Å². The number of benzene rings is 1. The standard InChI is InChI=1S/C29H31N5O6S/c1-29(2)23-15-19(18-31-12-6-14-41(38,39)40)9-10-24(23)34-13-11-20(16-25(29)34)21(17-30)7-5-8-22-26(35)32(3)28(37)33(4)27(22)36/h5,7-11,13,15-16,31H,6,12,14,18H2,1-4H3,(H,38,39,40)/p+2. The molecule has 0 radical (unpaired) electrons. The van der Waals surface area contributed by atoms with Crippen molar-refractivity contribution in [1.29, 1.82) is 5.26 Å². The van der Waals surface area contributed by atoms with Crippen LogP contribution in [0.2, 0.25) is 0 Å². The van der Waals surface area contributed by atoms with Gasteiger partial charge in [-0.2, -0.15) is 18.2 Å². The first kappa shape index (κ1) is 29.7. The number of allylic oxidation sites excluding steroid dienone is 3. The minimum atomic E-state index is -3.95. The number of rotatable bonds is 9. The Morgan fingerprint density at radius 1 is 1.17 bits per heavy atom. The maximum absolute atomic E-state index is 12.4. The Bertz CT molecular complexity index is 1860. The molecule has 4 rings (SSSR count). The van der Waals surface area contributed by atoms with Gasteiger partial charge in [0.05, 0.1) is 29.4 Å². The van der Waals surface area contributed by atoms with Crippen molar-refractivity contribution in [1.82, 2.24) is 9.13 Å². The van der Waals surface area contributed by atoms with Crippen molar-refractivity contribution in [3.05, 3.63) is 97.5 Å². The Kier molecular flexibility index (Phi) is 8.17. The summed E-state index contributed by atoms with van der Waals surface area (Å²) in [7, 11) is -1.26. The zero-order valence-electron chi connectivity index (χ0n) is 23.3. The summed E-state index contributed by atoms with van der Waals surface area (Å²) in [5, 5.41) is 22.2. The van der Waals surface area contributed by atoms with Crippen molar-refractivity contribution in [3.63, 3.8) is 0 Å². The number of hydrogen-bond donors (Lipinski definition) is 3. The van der Waals surface area contributed by atoms with E-state index >= 15 is 0 Å². The number of nitrogens with two attached hydrogens (primary N) is 1. The van der Waals surface area contributed by atoms with Crippen LogP contribution in [0.15, 0.2) is 58.3 Å². The van der Waals surface area contributed by atoms with Gasteiger partial charge in [0.2, 0.25) is 11.6 Å². The van der Waals surface area contributed by atoms with Crippen LogP contribution in [0.3, 0.4) is 0 Å². The molecule has 3 aromatic rings. The minimum absolute atomic E-state index is 0.0595. The Morgan fingerprint density at radius 3 is 2.59 bits per heavy atom. The second-order valence-corrected chi connectivity index (χ2v) is 12.1. The largest absolute Gasteiger partial charge is 0.494 e. The van der Waals surface area contributed by atoms with Crippen LogP contribution < -0.4 is 21.1 Å². The lowest BCUT2D eigenvalue weighted by Crippen LogP contribution is -2.82. The lowest BCUT2D eigenvalue weighted by Gasteiger charge is -2.15. The highest BCUT2D eigenvalue weighted by Gasteiger charge is 2.44. The number of fused-ring (bicyclic) bond motifs is 3. The summed E-state index contributed by atoms with van der Waals surface area (Å²) in [6, 6.07) is 12.2. The summed E-state index contributed by atoms with van der Waals surface area (Å²) in [6.07, 6.45) is 6.71. The lowest BCUT2D eigenvalue weighted by molar-refractivity contribution is -0.670. The summed E-state index contributed by atoms with van der Waals surface area (Å²) in [5.41, 5.74) is 3.59. The van der Waals surface area contributed by atoms with Gasteiger partial charge in [-0.05, 0) is 38.1 Å². The molecule has 0 saturated carbocycles. The van der Waals surface area contributed by atoms with E-state index in [2.05, 4.69) is 36.6 Å². The maximum Gasteiger partial charge on any atom is 0.333 e. The first-order valence-corrected chi connectivity index (χ1v) is 14.6. The van der Waals surface area contributed by atoms with Crippen LogP contribution in [0, 0.1) is 11.3 Å². The number of pyridine rings is 1. The molecule has 0 aliphatic carbocycles. The fourth-order valence-corrected chi connectivity index (χ4v) is 5.57. The van der Waals surface area contributed by atoms with Gasteiger partial charge in [-0.1, -0.05) is 6.08 Å². The third kappa shape index (κ3) is 5.92. The van der Waals surface area contributed by atoms with Gasteiger partial charge in [0, 0.05) is 55.4 Å². The van der Waals surface area contributed by atoms with Crippen LogP contribution in [-0.4, -0.2) is 39.5 Å². The van der Waals surface area contributed by atoms with E-state index in [0.717, 1.165) is 31.6 Å². The number of aromatic nitrogens is 3. The molecule has 0 atom stereocenters. The summed E-state index contributed by atoms with van der Waals surface area (Å²) >= 11 is 0. The molecular formula is C29H33N5O6S+2. The van der Waals surface area contributed by atoms with E-state index in [1.807, 2.05) is 29.7 Å². The third-order valence-electron chi connectivity index (χ3n) is 7.40. The van der Waals surface area contributed by atoms with E-state index in [-0.39, 0.29) is 16.7 Å². The first-order valence-electron chi connectivity index (χ1n) is 13.0. The maximum atomic E-state index is 12.4. The topological polar surface area (TPSA) is 163 Å². The summed E-state index contributed by atoms with van der Waals surface area (Å²) in [4.78, 5) is 24.4. The molecule has 0 fully saturated rings. The molecule has 0 amide bonds. The third-order valence-corrected chi connectivity index (χ3v) is 8.21. The van der Waals surface area contributed by atoms with Gasteiger partial charge < -0.3 is 10.4 Å². The Morgan fingerprint density at radius 2 is 1.90 bits per heavy atom. The number of nitrogens with zero attached hydrogens (tertiary/aromatic N) is 4. The SMILES string of the molecule is Cn1c(O)c(/C=C/C=C(\C#N)c2cc[n+]3c(c2)C(C)(C)c2cc(C[NH2+]CCCS(=O)(=O)O)ccc2-3)c(=O)n(C)c1=O. The molecule has 214 valence electrons. The Balaban J connectivity index is 1.58. The molecule has 0 bridgehead atoms. The molecule has 1 aliphatic heterocycles. The average molecular weight is 580 g/mol. The molecule has 0 spiro atoms. The van der Waals surface area contributed by atoms with Gasteiger partial charge in [-0.15, -0.1) is 0 Å². The van der Waals surface area contributed by atoms with E-state index in [1.54, 1.807) is 6.08 Å². The van der Waals surface area contributed by atoms with Gasteiger partial charge in [0.25, 0.3) is 15.7 Å². The lowest BCUT2D eigenvalue weighted by atomic mass is 9.82. The highest BCUT2D eigenvalue weighted by Crippen LogP contribution is 2.39. The fourth-order valence-electron chi connectivity index (χ4n) is 5.04. The molecule has 0 unspecified atom stereocenters. The molecule has 41 heavy (non-hydrogen) atoms. The van der Waals surface area contributed by atoms with Crippen LogP contribution >= 0.6 is 0 Å². The highest BCUT2D eigenvalue weighted by atomic mass is 32.2. The smallest absolute Gasteiger partial charge is 0.333 e. The first-order chi connectivity index (χ1) is 19.3. The van der Waals surface area contributed by atoms with E-state index in [1.165, 1.54) is 26.2 Å². The molecule has 2 aromatic heterocycles. The molecular weight excluding hydrogens is 546 g/mol.